The molecule has 70 heavy (non-hydrogen) atoms. The Balaban J connectivity index is 4.29. The molecule has 0 spiro atoms. The highest BCUT2D eigenvalue weighted by atomic mass is 16.6. The van der Waals surface area contributed by atoms with Gasteiger partial charge in [-0.2, -0.15) is 0 Å². The van der Waals surface area contributed by atoms with Crippen molar-refractivity contribution in [2.75, 3.05) is 13.2 Å². The average molecular weight is 990 g/mol. The molecule has 0 fully saturated rings. The molecule has 0 saturated heterocycles. The fourth-order valence-electron chi connectivity index (χ4n) is 9.93. The molecule has 6 heteroatoms. The zero-order chi connectivity index (χ0) is 51.1. The van der Waals surface area contributed by atoms with Crippen LogP contribution in [0.25, 0.3) is 0 Å². The van der Waals surface area contributed by atoms with Gasteiger partial charge in [0.15, 0.2) is 6.10 Å². The molecule has 0 saturated carbocycles. The molecule has 1 atom stereocenters. The monoisotopic (exact) mass is 989 g/mol. The minimum absolute atomic E-state index is 0.0619. The number of carbonyl (C=O) groups excluding carboxylic acids is 3. The summed E-state index contributed by atoms with van der Waals surface area (Å²) in [6.45, 7) is 11.5. The fraction of sp³-hybridized carbons (Fsp3) is 0.953. The Morgan fingerprint density at radius 2 is 0.471 bits per heavy atom. The molecule has 0 aromatic rings. The van der Waals surface area contributed by atoms with Crippen LogP contribution in [-0.2, 0) is 28.6 Å². The van der Waals surface area contributed by atoms with E-state index in [1.54, 1.807) is 0 Å². The van der Waals surface area contributed by atoms with Crippen molar-refractivity contribution in [1.29, 1.82) is 0 Å². The van der Waals surface area contributed by atoms with Crippen LogP contribution in [0.4, 0.5) is 0 Å². The molecule has 0 unspecified atom stereocenters. The second-order valence-corrected chi connectivity index (χ2v) is 23.0. The maximum Gasteiger partial charge on any atom is 0.306 e. The van der Waals surface area contributed by atoms with Gasteiger partial charge in [-0.05, 0) is 31.1 Å². The van der Waals surface area contributed by atoms with E-state index in [2.05, 4.69) is 34.6 Å². The van der Waals surface area contributed by atoms with Gasteiger partial charge in [0.1, 0.15) is 13.2 Å². The van der Waals surface area contributed by atoms with Crippen LogP contribution in [0.3, 0.4) is 0 Å². The van der Waals surface area contributed by atoms with Crippen molar-refractivity contribution in [2.45, 2.75) is 368 Å². The lowest BCUT2D eigenvalue weighted by molar-refractivity contribution is -0.167. The van der Waals surface area contributed by atoms with Gasteiger partial charge < -0.3 is 14.2 Å². The molecule has 0 rings (SSSR count). The van der Waals surface area contributed by atoms with E-state index in [4.69, 9.17) is 14.2 Å². The van der Waals surface area contributed by atoms with Crippen molar-refractivity contribution in [1.82, 2.24) is 0 Å². The first kappa shape index (κ1) is 68.4. The van der Waals surface area contributed by atoms with Crippen molar-refractivity contribution in [3.63, 3.8) is 0 Å². The summed E-state index contributed by atoms with van der Waals surface area (Å²) >= 11 is 0. The van der Waals surface area contributed by atoms with E-state index in [-0.39, 0.29) is 31.1 Å². The summed E-state index contributed by atoms with van der Waals surface area (Å²) in [4.78, 5) is 38.3. The minimum atomic E-state index is -0.763. The van der Waals surface area contributed by atoms with Crippen LogP contribution >= 0.6 is 0 Å². The van der Waals surface area contributed by atoms with Crippen molar-refractivity contribution < 1.29 is 28.6 Å². The lowest BCUT2D eigenvalue weighted by atomic mass is 10.0. The zero-order valence-corrected chi connectivity index (χ0v) is 48.2. The molecule has 0 bridgehead atoms. The molecule has 6 nitrogen and oxygen atoms in total. The number of unbranched alkanes of at least 4 members (excludes halogenated alkanes) is 43. The molecule has 0 aromatic carbocycles. The number of hydrogen-bond donors (Lipinski definition) is 0. The summed E-state index contributed by atoms with van der Waals surface area (Å²) in [5.74, 6) is 0.861. The minimum Gasteiger partial charge on any atom is -0.462 e. The molecule has 0 amide bonds. The summed E-state index contributed by atoms with van der Waals surface area (Å²) in [7, 11) is 0. The summed E-state index contributed by atoms with van der Waals surface area (Å²) in [6, 6.07) is 0. The van der Waals surface area contributed by atoms with Crippen LogP contribution in [0.15, 0.2) is 0 Å². The Kier molecular flexibility index (Phi) is 55.4. The molecule has 0 N–H and O–H groups in total. The van der Waals surface area contributed by atoms with E-state index >= 15 is 0 Å². The Labute approximate surface area is 438 Å². The van der Waals surface area contributed by atoms with Crippen LogP contribution < -0.4 is 0 Å². The normalized spacial score (nSPS) is 12.0. The molecule has 0 radical (unpaired) electrons. The smallest absolute Gasteiger partial charge is 0.306 e. The van der Waals surface area contributed by atoms with Crippen LogP contribution in [-0.4, -0.2) is 37.2 Å². The van der Waals surface area contributed by atoms with Gasteiger partial charge in [-0.25, -0.2) is 0 Å². The van der Waals surface area contributed by atoms with Gasteiger partial charge in [-0.15, -0.1) is 0 Å². The molecular weight excluding hydrogens is 865 g/mol. The average Bonchev–Trinajstić information content (AvgIpc) is 3.33. The van der Waals surface area contributed by atoms with E-state index in [0.717, 1.165) is 69.6 Å². The Bertz CT molecular complexity index is 1070. The van der Waals surface area contributed by atoms with E-state index in [9.17, 15) is 14.4 Å². The van der Waals surface area contributed by atoms with Crippen molar-refractivity contribution in [3.8, 4) is 0 Å². The third-order valence-electron chi connectivity index (χ3n) is 14.7. The number of esters is 3. The van der Waals surface area contributed by atoms with Gasteiger partial charge >= 0.3 is 17.9 Å². The highest BCUT2D eigenvalue weighted by Crippen LogP contribution is 2.19. The summed E-state index contributed by atoms with van der Waals surface area (Å²) in [6.07, 6.45) is 62.4. The number of ether oxygens (including phenoxy) is 3. The van der Waals surface area contributed by atoms with Crippen LogP contribution in [0.2, 0.25) is 0 Å². The van der Waals surface area contributed by atoms with Gasteiger partial charge in [-0.3, -0.25) is 14.4 Å². The van der Waals surface area contributed by atoms with Crippen LogP contribution in [0.1, 0.15) is 362 Å². The third kappa shape index (κ3) is 57.3. The number of rotatable bonds is 58. The SMILES string of the molecule is CCCCCCCCCCCCCCCCCCCC(=O)O[C@@H](COC(=O)CCCCCCCCCCCCCCCCCCC(C)C)COC(=O)CCCCCCCCCCCCCCCC(C)C. The largest absolute Gasteiger partial charge is 0.462 e. The van der Waals surface area contributed by atoms with Crippen molar-refractivity contribution in [2.24, 2.45) is 11.8 Å². The Morgan fingerprint density at radius 3 is 0.700 bits per heavy atom. The predicted octanol–water partition coefficient (Wildman–Crippen LogP) is 21.2. The standard InChI is InChI=1S/C64H124O6/c1-6-7-8-9-10-11-12-13-14-15-20-25-31-36-41-46-51-56-64(67)70-61(58-69-63(66)55-50-45-40-35-30-26-21-23-28-33-38-43-48-53-60(4)5)57-68-62(65)54-49-44-39-34-29-24-19-17-16-18-22-27-32-37-42-47-52-59(2)3/h59-61H,6-58H2,1-5H3/t61-/m0/s1. The summed E-state index contributed by atoms with van der Waals surface area (Å²) in [5.41, 5.74) is 0. The molecular formula is C64H124O6. The lowest BCUT2D eigenvalue weighted by Gasteiger charge is -2.18. The Hall–Kier alpha value is -1.59. The van der Waals surface area contributed by atoms with Crippen LogP contribution in [0.5, 0.6) is 0 Å². The number of carbonyl (C=O) groups is 3. The maximum absolute atomic E-state index is 12.9. The molecule has 0 aliphatic carbocycles. The molecule has 0 heterocycles. The summed E-state index contributed by atoms with van der Waals surface area (Å²) < 4.78 is 17.0. The quantitative estimate of drug-likeness (QED) is 0.0343. The Morgan fingerprint density at radius 1 is 0.271 bits per heavy atom. The molecule has 0 aliphatic rings. The zero-order valence-electron chi connectivity index (χ0n) is 48.2. The third-order valence-corrected chi connectivity index (χ3v) is 14.7. The topological polar surface area (TPSA) is 78.9 Å². The van der Waals surface area contributed by atoms with Gasteiger partial charge in [0, 0.05) is 19.3 Å². The molecule has 0 aromatic heterocycles. The lowest BCUT2D eigenvalue weighted by Crippen LogP contribution is -2.30. The second-order valence-electron chi connectivity index (χ2n) is 23.0. The molecule has 0 aliphatic heterocycles. The van der Waals surface area contributed by atoms with Gasteiger partial charge in [0.2, 0.25) is 0 Å². The van der Waals surface area contributed by atoms with E-state index in [1.165, 1.54) is 250 Å². The first-order chi connectivity index (χ1) is 34.2. The van der Waals surface area contributed by atoms with Gasteiger partial charge in [-0.1, -0.05) is 324 Å². The van der Waals surface area contributed by atoms with Gasteiger partial charge in [0.25, 0.3) is 0 Å². The number of hydrogen-bond acceptors (Lipinski definition) is 6. The van der Waals surface area contributed by atoms with Crippen molar-refractivity contribution in [3.05, 3.63) is 0 Å². The first-order valence-corrected chi connectivity index (χ1v) is 31.7. The van der Waals surface area contributed by atoms with Gasteiger partial charge in [0.05, 0.1) is 0 Å². The van der Waals surface area contributed by atoms with E-state index in [0.29, 0.717) is 19.3 Å². The van der Waals surface area contributed by atoms with E-state index in [1.807, 2.05) is 0 Å². The van der Waals surface area contributed by atoms with Crippen LogP contribution in [0, 0.1) is 11.8 Å². The highest BCUT2D eigenvalue weighted by molar-refractivity contribution is 5.71. The first-order valence-electron chi connectivity index (χ1n) is 31.7. The van der Waals surface area contributed by atoms with E-state index < -0.39 is 6.10 Å². The summed E-state index contributed by atoms with van der Waals surface area (Å²) in [5, 5.41) is 0. The molecule has 416 valence electrons. The second kappa shape index (κ2) is 56.7. The predicted molar refractivity (Wildman–Crippen MR) is 303 cm³/mol. The fourth-order valence-corrected chi connectivity index (χ4v) is 9.93. The highest BCUT2D eigenvalue weighted by Gasteiger charge is 2.19. The maximum atomic E-state index is 12.9. The van der Waals surface area contributed by atoms with Crippen molar-refractivity contribution >= 4 is 17.9 Å².